The van der Waals surface area contributed by atoms with Gasteiger partial charge in [-0.1, -0.05) is 25.0 Å². The van der Waals surface area contributed by atoms with Crippen molar-refractivity contribution in [2.24, 2.45) is 5.92 Å². The van der Waals surface area contributed by atoms with E-state index in [2.05, 4.69) is 5.32 Å². The van der Waals surface area contributed by atoms with E-state index in [0.717, 1.165) is 37.0 Å². The van der Waals surface area contributed by atoms with Crippen LogP contribution < -0.4 is 10.1 Å². The molecular weight excluding hydrogens is 266 g/mol. The third-order valence-electron chi connectivity index (χ3n) is 3.93. The maximum Gasteiger partial charge on any atom is 0.244 e. The molecule has 1 aromatic carbocycles. The van der Waals surface area contributed by atoms with Crippen molar-refractivity contribution in [2.45, 2.75) is 31.8 Å². The second-order valence-electron chi connectivity index (χ2n) is 5.47. The van der Waals surface area contributed by atoms with Crippen LogP contribution in [0.5, 0.6) is 5.75 Å². The number of benzene rings is 1. The van der Waals surface area contributed by atoms with Gasteiger partial charge < -0.3 is 15.2 Å². The van der Waals surface area contributed by atoms with E-state index in [1.165, 1.54) is 6.08 Å². The van der Waals surface area contributed by atoms with Crippen LogP contribution in [0.15, 0.2) is 30.3 Å². The van der Waals surface area contributed by atoms with Crippen molar-refractivity contribution in [3.05, 3.63) is 35.9 Å². The third-order valence-corrected chi connectivity index (χ3v) is 3.93. The van der Waals surface area contributed by atoms with Gasteiger partial charge in [-0.05, 0) is 36.6 Å². The minimum Gasteiger partial charge on any atom is -0.497 e. The summed E-state index contributed by atoms with van der Waals surface area (Å²) in [6.07, 6.45) is 7.06. The Morgan fingerprint density at radius 3 is 3.00 bits per heavy atom. The molecule has 0 aromatic heterocycles. The second kappa shape index (κ2) is 7.84. The summed E-state index contributed by atoms with van der Waals surface area (Å²) in [4.78, 5) is 11.8. The molecule has 1 aliphatic rings. The first kappa shape index (κ1) is 15.6. The lowest BCUT2D eigenvalue weighted by Crippen LogP contribution is -2.36. The summed E-state index contributed by atoms with van der Waals surface area (Å²) in [5, 5.41) is 12.7. The summed E-state index contributed by atoms with van der Waals surface area (Å²) in [6, 6.07) is 7.53. The molecule has 0 spiro atoms. The third kappa shape index (κ3) is 4.90. The molecule has 0 bridgehead atoms. The molecule has 0 heterocycles. The lowest BCUT2D eigenvalue weighted by molar-refractivity contribution is -0.116. The Hall–Kier alpha value is -1.81. The molecule has 4 nitrogen and oxygen atoms in total. The first-order valence-electron chi connectivity index (χ1n) is 7.47. The molecule has 0 aliphatic heterocycles. The van der Waals surface area contributed by atoms with Crippen molar-refractivity contribution in [1.82, 2.24) is 5.32 Å². The summed E-state index contributed by atoms with van der Waals surface area (Å²) in [5.74, 6) is 0.825. The highest BCUT2D eigenvalue weighted by Crippen LogP contribution is 2.23. The van der Waals surface area contributed by atoms with Gasteiger partial charge in [-0.25, -0.2) is 0 Å². The maximum absolute atomic E-state index is 11.8. The maximum atomic E-state index is 11.8. The van der Waals surface area contributed by atoms with Gasteiger partial charge in [-0.3, -0.25) is 4.79 Å². The number of ether oxygens (including phenoxy) is 1. The molecule has 2 unspecified atom stereocenters. The van der Waals surface area contributed by atoms with Crippen LogP contribution in [0, 0.1) is 5.92 Å². The summed E-state index contributed by atoms with van der Waals surface area (Å²) in [5.41, 5.74) is 0.919. The predicted octanol–water partition coefficient (Wildman–Crippen LogP) is 2.38. The van der Waals surface area contributed by atoms with Crippen LogP contribution >= 0.6 is 0 Å². The number of rotatable bonds is 5. The molecule has 2 atom stereocenters. The minimum absolute atomic E-state index is 0.129. The monoisotopic (exact) mass is 289 g/mol. The quantitative estimate of drug-likeness (QED) is 0.818. The zero-order valence-corrected chi connectivity index (χ0v) is 12.4. The van der Waals surface area contributed by atoms with Gasteiger partial charge in [-0.2, -0.15) is 0 Å². The normalized spacial score (nSPS) is 22.2. The molecule has 4 heteroatoms. The highest BCUT2D eigenvalue weighted by Gasteiger charge is 2.22. The van der Waals surface area contributed by atoms with Crippen molar-refractivity contribution < 1.29 is 14.6 Å². The Morgan fingerprint density at radius 2 is 2.24 bits per heavy atom. The molecule has 0 saturated heterocycles. The molecule has 114 valence electrons. The zero-order chi connectivity index (χ0) is 15.1. The summed E-state index contributed by atoms with van der Waals surface area (Å²) < 4.78 is 5.14. The Bertz CT molecular complexity index is 499. The molecule has 2 rings (SSSR count). The van der Waals surface area contributed by atoms with E-state index in [1.807, 2.05) is 24.3 Å². The number of aliphatic hydroxyl groups is 1. The summed E-state index contributed by atoms with van der Waals surface area (Å²) in [6.45, 7) is 0.544. The molecule has 1 fully saturated rings. The average molecular weight is 289 g/mol. The molecule has 1 saturated carbocycles. The van der Waals surface area contributed by atoms with Gasteiger partial charge in [0.1, 0.15) is 5.75 Å². The van der Waals surface area contributed by atoms with E-state index in [-0.39, 0.29) is 17.9 Å². The molecule has 2 N–H and O–H groups in total. The van der Waals surface area contributed by atoms with Gasteiger partial charge in [-0.15, -0.1) is 0 Å². The van der Waals surface area contributed by atoms with Crippen molar-refractivity contribution >= 4 is 12.0 Å². The fourth-order valence-corrected chi connectivity index (χ4v) is 2.63. The molecule has 1 aromatic rings. The molecule has 21 heavy (non-hydrogen) atoms. The number of carbonyl (C=O) groups excluding carboxylic acids is 1. The fraction of sp³-hybridized carbons (Fsp3) is 0.471. The fourth-order valence-electron chi connectivity index (χ4n) is 2.63. The van der Waals surface area contributed by atoms with Crippen LogP contribution in [-0.2, 0) is 4.79 Å². The van der Waals surface area contributed by atoms with Crippen LogP contribution in [0.3, 0.4) is 0 Å². The Labute approximate surface area is 125 Å². The van der Waals surface area contributed by atoms with Crippen LogP contribution in [0.4, 0.5) is 0 Å². The SMILES string of the molecule is COc1cccc(C=CC(=O)NCC2CCCCC2O)c1. The van der Waals surface area contributed by atoms with Crippen molar-refractivity contribution in [2.75, 3.05) is 13.7 Å². The van der Waals surface area contributed by atoms with Gasteiger partial charge in [0.25, 0.3) is 0 Å². The van der Waals surface area contributed by atoms with Gasteiger partial charge >= 0.3 is 0 Å². The predicted molar refractivity (Wildman–Crippen MR) is 83.0 cm³/mol. The van der Waals surface area contributed by atoms with Crippen LogP contribution in [0.1, 0.15) is 31.2 Å². The second-order valence-corrected chi connectivity index (χ2v) is 5.47. The number of aliphatic hydroxyl groups excluding tert-OH is 1. The molecule has 1 amide bonds. The number of nitrogens with one attached hydrogen (secondary N) is 1. The topological polar surface area (TPSA) is 58.6 Å². The van der Waals surface area contributed by atoms with E-state index in [0.29, 0.717) is 6.54 Å². The van der Waals surface area contributed by atoms with Gasteiger partial charge in [0.15, 0.2) is 0 Å². The first-order valence-corrected chi connectivity index (χ1v) is 7.47. The van der Waals surface area contributed by atoms with Crippen LogP contribution in [0.2, 0.25) is 0 Å². The summed E-state index contributed by atoms with van der Waals surface area (Å²) >= 11 is 0. The largest absolute Gasteiger partial charge is 0.497 e. The highest BCUT2D eigenvalue weighted by atomic mass is 16.5. The first-order chi connectivity index (χ1) is 10.2. The number of hydrogen-bond donors (Lipinski definition) is 2. The average Bonchev–Trinajstić information content (AvgIpc) is 2.52. The Balaban J connectivity index is 1.82. The molecular formula is C17H23NO3. The summed E-state index contributed by atoms with van der Waals surface area (Å²) in [7, 11) is 1.62. The number of carbonyl (C=O) groups is 1. The van der Waals surface area contributed by atoms with Crippen LogP contribution in [-0.4, -0.2) is 30.8 Å². The standard InChI is InChI=1S/C17H23NO3/c1-21-15-7-4-5-13(11-15)9-10-17(20)18-12-14-6-2-3-8-16(14)19/h4-5,7,9-11,14,16,19H,2-3,6,8,12H2,1H3,(H,18,20). The van der Waals surface area contributed by atoms with E-state index < -0.39 is 0 Å². The molecule has 1 aliphatic carbocycles. The van der Waals surface area contributed by atoms with Gasteiger partial charge in [0.2, 0.25) is 5.91 Å². The van der Waals surface area contributed by atoms with Crippen molar-refractivity contribution in [3.8, 4) is 5.75 Å². The van der Waals surface area contributed by atoms with Crippen molar-refractivity contribution in [1.29, 1.82) is 0 Å². The minimum atomic E-state index is -0.276. The number of hydrogen-bond acceptors (Lipinski definition) is 3. The molecule has 0 radical (unpaired) electrons. The Morgan fingerprint density at radius 1 is 1.43 bits per heavy atom. The van der Waals surface area contributed by atoms with E-state index >= 15 is 0 Å². The highest BCUT2D eigenvalue weighted by molar-refractivity contribution is 5.91. The van der Waals surface area contributed by atoms with Crippen molar-refractivity contribution in [3.63, 3.8) is 0 Å². The van der Waals surface area contributed by atoms with Crippen LogP contribution in [0.25, 0.3) is 6.08 Å². The lowest BCUT2D eigenvalue weighted by Gasteiger charge is -2.27. The van der Waals surface area contributed by atoms with Gasteiger partial charge in [0.05, 0.1) is 13.2 Å². The van der Waals surface area contributed by atoms with E-state index in [9.17, 15) is 9.90 Å². The number of amides is 1. The van der Waals surface area contributed by atoms with E-state index in [4.69, 9.17) is 4.74 Å². The van der Waals surface area contributed by atoms with Gasteiger partial charge in [0, 0.05) is 18.5 Å². The van der Waals surface area contributed by atoms with E-state index in [1.54, 1.807) is 13.2 Å². The number of methoxy groups -OCH3 is 1. The zero-order valence-electron chi connectivity index (χ0n) is 12.4. The Kier molecular flexibility index (Phi) is 5.81. The smallest absolute Gasteiger partial charge is 0.244 e. The lowest BCUT2D eigenvalue weighted by atomic mass is 9.86.